The summed E-state index contributed by atoms with van der Waals surface area (Å²) in [6.45, 7) is 9.25. The molecule has 4 heteroatoms. The average molecular weight is 290 g/mol. The maximum atomic E-state index is 11.1. The number of hydrogen-bond donors (Lipinski definition) is 2. The van der Waals surface area contributed by atoms with Gasteiger partial charge in [-0.05, 0) is 29.9 Å². The molecule has 0 aliphatic carbocycles. The van der Waals surface area contributed by atoms with Gasteiger partial charge in [0.1, 0.15) is 0 Å². The second kappa shape index (κ2) is 6.48. The van der Waals surface area contributed by atoms with Gasteiger partial charge in [0.05, 0.1) is 0 Å². The van der Waals surface area contributed by atoms with Crippen LogP contribution in [0.3, 0.4) is 0 Å². The van der Waals surface area contributed by atoms with Gasteiger partial charge < -0.3 is 10.4 Å². The Hall–Kier alpha value is -1.55. The van der Waals surface area contributed by atoms with Crippen molar-refractivity contribution >= 4 is 6.09 Å². The van der Waals surface area contributed by atoms with Crippen molar-refractivity contribution in [1.29, 1.82) is 0 Å². The fourth-order valence-electron chi connectivity index (χ4n) is 3.29. The van der Waals surface area contributed by atoms with E-state index in [-0.39, 0.29) is 11.5 Å². The summed E-state index contributed by atoms with van der Waals surface area (Å²) in [6.07, 6.45) is 0.131. The van der Waals surface area contributed by atoms with E-state index < -0.39 is 6.09 Å². The van der Waals surface area contributed by atoms with Crippen LogP contribution in [-0.2, 0) is 6.54 Å². The molecule has 1 amide bonds. The van der Waals surface area contributed by atoms with Crippen molar-refractivity contribution in [2.45, 2.75) is 39.8 Å². The first kappa shape index (κ1) is 15.8. The lowest BCUT2D eigenvalue weighted by Gasteiger charge is -2.35. The zero-order chi connectivity index (χ0) is 15.5. The maximum absolute atomic E-state index is 11.1. The van der Waals surface area contributed by atoms with Crippen molar-refractivity contribution in [2.75, 3.05) is 13.1 Å². The number of likely N-dealkylation sites (tertiary alicyclic amines) is 1. The van der Waals surface area contributed by atoms with E-state index in [1.807, 2.05) is 6.07 Å². The molecule has 0 aromatic heterocycles. The molecule has 21 heavy (non-hydrogen) atoms. The summed E-state index contributed by atoms with van der Waals surface area (Å²) in [5, 5.41) is 11.8. The van der Waals surface area contributed by atoms with Gasteiger partial charge in [0.25, 0.3) is 0 Å². The number of carboxylic acid groups (broad SMARTS) is 1. The molecule has 116 valence electrons. The SMILES string of the molecule is CC(C)(C)C(NC(=O)O)[C@@H]1CCN(Cc2ccccc2)C1. The van der Waals surface area contributed by atoms with Gasteiger partial charge in [-0.25, -0.2) is 4.79 Å². The third-order valence-electron chi connectivity index (χ3n) is 4.24. The van der Waals surface area contributed by atoms with Crippen molar-refractivity contribution in [3.8, 4) is 0 Å². The predicted octanol–water partition coefficient (Wildman–Crippen LogP) is 3.19. The first-order valence-corrected chi connectivity index (χ1v) is 7.62. The molecule has 1 unspecified atom stereocenters. The molecule has 1 aromatic rings. The van der Waals surface area contributed by atoms with Gasteiger partial charge in [0.15, 0.2) is 0 Å². The third kappa shape index (κ3) is 4.46. The number of carbonyl (C=O) groups is 1. The molecule has 1 heterocycles. The van der Waals surface area contributed by atoms with Crippen molar-refractivity contribution in [1.82, 2.24) is 10.2 Å². The minimum atomic E-state index is -0.920. The monoisotopic (exact) mass is 290 g/mol. The first-order chi connectivity index (χ1) is 9.86. The lowest BCUT2D eigenvalue weighted by Crippen LogP contribution is -2.48. The first-order valence-electron chi connectivity index (χ1n) is 7.62. The lowest BCUT2D eigenvalue weighted by atomic mass is 9.78. The summed E-state index contributed by atoms with van der Waals surface area (Å²) in [5.74, 6) is 0.379. The van der Waals surface area contributed by atoms with Gasteiger partial charge in [-0.15, -0.1) is 0 Å². The topological polar surface area (TPSA) is 52.6 Å². The van der Waals surface area contributed by atoms with Gasteiger partial charge in [-0.1, -0.05) is 51.1 Å². The van der Waals surface area contributed by atoms with Gasteiger partial charge >= 0.3 is 6.09 Å². The third-order valence-corrected chi connectivity index (χ3v) is 4.24. The van der Waals surface area contributed by atoms with Crippen molar-refractivity contribution in [3.63, 3.8) is 0 Å². The Morgan fingerprint density at radius 2 is 2.05 bits per heavy atom. The molecule has 2 rings (SSSR count). The zero-order valence-electron chi connectivity index (χ0n) is 13.2. The lowest BCUT2D eigenvalue weighted by molar-refractivity contribution is 0.152. The number of benzene rings is 1. The van der Waals surface area contributed by atoms with E-state index in [2.05, 4.69) is 55.3 Å². The zero-order valence-corrected chi connectivity index (χ0v) is 13.2. The summed E-state index contributed by atoms with van der Waals surface area (Å²) in [5.41, 5.74) is 1.25. The summed E-state index contributed by atoms with van der Waals surface area (Å²) >= 11 is 0. The van der Waals surface area contributed by atoms with Crippen LogP contribution in [0.2, 0.25) is 0 Å². The van der Waals surface area contributed by atoms with Crippen molar-refractivity contribution in [3.05, 3.63) is 35.9 Å². The van der Waals surface area contributed by atoms with Crippen LogP contribution in [0.25, 0.3) is 0 Å². The standard InChI is InChI=1S/C17H26N2O2/c1-17(2,3)15(18-16(20)21)14-9-10-19(12-14)11-13-7-5-4-6-8-13/h4-8,14-15,18H,9-12H2,1-3H3,(H,20,21)/t14-,15?/m1/s1. The molecule has 0 saturated carbocycles. The van der Waals surface area contributed by atoms with Gasteiger partial charge in [-0.2, -0.15) is 0 Å². The number of nitrogens with zero attached hydrogens (tertiary/aromatic N) is 1. The van der Waals surface area contributed by atoms with Crippen molar-refractivity contribution in [2.24, 2.45) is 11.3 Å². The number of amides is 1. The molecule has 0 radical (unpaired) electrons. The second-order valence-corrected chi connectivity index (χ2v) is 7.06. The highest BCUT2D eigenvalue weighted by Gasteiger charge is 2.37. The Kier molecular flexibility index (Phi) is 4.88. The van der Waals surface area contributed by atoms with Crippen LogP contribution in [0.15, 0.2) is 30.3 Å². The summed E-state index contributed by atoms with van der Waals surface area (Å²) in [6, 6.07) is 10.4. The highest BCUT2D eigenvalue weighted by atomic mass is 16.4. The summed E-state index contributed by atoms with van der Waals surface area (Å²) < 4.78 is 0. The van der Waals surface area contributed by atoms with E-state index in [0.29, 0.717) is 5.92 Å². The molecular weight excluding hydrogens is 264 g/mol. The molecule has 1 saturated heterocycles. The van der Waals surface area contributed by atoms with Crippen LogP contribution >= 0.6 is 0 Å². The average Bonchev–Trinajstić information content (AvgIpc) is 2.84. The Balaban J connectivity index is 1.97. The van der Waals surface area contributed by atoms with E-state index in [9.17, 15) is 4.79 Å². The largest absolute Gasteiger partial charge is 0.465 e. The van der Waals surface area contributed by atoms with E-state index >= 15 is 0 Å². The number of nitrogens with one attached hydrogen (secondary N) is 1. The molecule has 1 aliphatic rings. The minimum Gasteiger partial charge on any atom is -0.465 e. The molecule has 2 N–H and O–H groups in total. The quantitative estimate of drug-likeness (QED) is 0.895. The number of rotatable bonds is 4. The van der Waals surface area contributed by atoms with Crippen LogP contribution in [0.1, 0.15) is 32.8 Å². The fraction of sp³-hybridized carbons (Fsp3) is 0.588. The van der Waals surface area contributed by atoms with E-state index in [4.69, 9.17) is 5.11 Å². The smallest absolute Gasteiger partial charge is 0.404 e. The molecule has 1 aromatic carbocycles. The van der Waals surface area contributed by atoms with Crippen LogP contribution in [0.4, 0.5) is 4.79 Å². The van der Waals surface area contributed by atoms with Crippen LogP contribution in [0.5, 0.6) is 0 Å². The molecule has 2 atom stereocenters. The van der Waals surface area contributed by atoms with E-state index in [0.717, 1.165) is 26.1 Å². The Morgan fingerprint density at radius 3 is 2.62 bits per heavy atom. The summed E-state index contributed by atoms with van der Waals surface area (Å²) in [7, 11) is 0. The molecule has 1 aliphatic heterocycles. The van der Waals surface area contributed by atoms with Crippen LogP contribution in [0, 0.1) is 11.3 Å². The normalized spacial score (nSPS) is 21.2. The molecular formula is C17H26N2O2. The molecule has 1 fully saturated rings. The maximum Gasteiger partial charge on any atom is 0.404 e. The fourth-order valence-corrected chi connectivity index (χ4v) is 3.29. The Labute approximate surface area is 127 Å². The van der Waals surface area contributed by atoms with E-state index in [1.54, 1.807) is 0 Å². The van der Waals surface area contributed by atoms with Crippen molar-refractivity contribution < 1.29 is 9.90 Å². The van der Waals surface area contributed by atoms with Crippen LogP contribution in [-0.4, -0.2) is 35.2 Å². The van der Waals surface area contributed by atoms with Gasteiger partial charge in [-0.3, -0.25) is 4.90 Å². The summed E-state index contributed by atoms with van der Waals surface area (Å²) in [4.78, 5) is 13.5. The predicted molar refractivity (Wildman–Crippen MR) is 84.2 cm³/mol. The molecule has 0 bridgehead atoms. The van der Waals surface area contributed by atoms with Gasteiger partial charge in [0.2, 0.25) is 0 Å². The number of hydrogen-bond acceptors (Lipinski definition) is 2. The second-order valence-electron chi connectivity index (χ2n) is 7.06. The Bertz CT molecular complexity index is 467. The Morgan fingerprint density at radius 1 is 1.38 bits per heavy atom. The highest BCUT2D eigenvalue weighted by molar-refractivity contribution is 5.65. The molecule has 4 nitrogen and oxygen atoms in total. The molecule has 0 spiro atoms. The van der Waals surface area contributed by atoms with Crippen LogP contribution < -0.4 is 5.32 Å². The van der Waals surface area contributed by atoms with Gasteiger partial charge in [0, 0.05) is 19.1 Å². The van der Waals surface area contributed by atoms with E-state index in [1.165, 1.54) is 5.56 Å². The minimum absolute atomic E-state index is 0.00391. The highest BCUT2D eigenvalue weighted by Crippen LogP contribution is 2.31.